The Morgan fingerprint density at radius 3 is 2.48 bits per heavy atom. The Balaban J connectivity index is 1.31. The van der Waals surface area contributed by atoms with Crippen molar-refractivity contribution in [3.05, 3.63) is 48.5 Å². The molecule has 1 amide bonds. The van der Waals surface area contributed by atoms with Crippen LogP contribution in [0.1, 0.15) is 6.92 Å². The molecule has 1 aliphatic rings. The molecule has 2 heterocycles. The minimum absolute atomic E-state index is 0.00220. The first-order valence-electron chi connectivity index (χ1n) is 9.96. The molecule has 1 aromatic heterocycles. The molecule has 1 saturated heterocycles. The van der Waals surface area contributed by atoms with E-state index < -0.39 is 10.0 Å². The highest BCUT2D eigenvalue weighted by molar-refractivity contribution is 8.01. The number of carbonyl (C=O) groups excluding carboxylic acids is 1. The zero-order chi connectivity index (χ0) is 21.8. The third-order valence-electron chi connectivity index (χ3n) is 4.96. The summed E-state index contributed by atoms with van der Waals surface area (Å²) < 4.78 is 34.6. The first-order valence-corrected chi connectivity index (χ1v) is 13.2. The summed E-state index contributed by atoms with van der Waals surface area (Å²) in [6.45, 7) is 3.74. The molecule has 1 fully saturated rings. The number of aromatic nitrogens is 1. The lowest BCUT2D eigenvalue weighted by atomic mass is 10.3. The van der Waals surface area contributed by atoms with E-state index in [1.165, 1.54) is 16.1 Å². The summed E-state index contributed by atoms with van der Waals surface area (Å²) in [5.74, 6) is 0.940. The van der Waals surface area contributed by atoms with Crippen molar-refractivity contribution in [2.24, 2.45) is 0 Å². The van der Waals surface area contributed by atoms with Gasteiger partial charge in [-0.15, -0.1) is 11.3 Å². The minimum atomic E-state index is -3.59. The van der Waals surface area contributed by atoms with Gasteiger partial charge in [-0.25, -0.2) is 13.4 Å². The van der Waals surface area contributed by atoms with Crippen LogP contribution in [0.4, 0.5) is 0 Å². The van der Waals surface area contributed by atoms with Crippen molar-refractivity contribution in [2.75, 3.05) is 38.5 Å². The number of nitrogens with zero attached hydrogens (tertiary/aromatic N) is 3. The second kappa shape index (κ2) is 9.56. The van der Waals surface area contributed by atoms with Crippen molar-refractivity contribution in [3.63, 3.8) is 0 Å². The van der Waals surface area contributed by atoms with Crippen molar-refractivity contribution < 1.29 is 17.9 Å². The van der Waals surface area contributed by atoms with E-state index in [1.807, 2.05) is 31.2 Å². The number of piperazine rings is 1. The first-order chi connectivity index (χ1) is 15.0. The summed E-state index contributed by atoms with van der Waals surface area (Å²) in [5.41, 5.74) is 0.940. The number of thioether (sulfide) groups is 1. The van der Waals surface area contributed by atoms with Crippen LogP contribution in [0.3, 0.4) is 0 Å². The number of para-hydroxylation sites is 1. The van der Waals surface area contributed by atoms with Crippen LogP contribution in [0.5, 0.6) is 5.75 Å². The van der Waals surface area contributed by atoms with Crippen LogP contribution in [0.15, 0.2) is 57.8 Å². The Morgan fingerprint density at radius 2 is 1.81 bits per heavy atom. The molecule has 3 aromatic rings. The smallest absolute Gasteiger partial charge is 0.243 e. The van der Waals surface area contributed by atoms with Crippen molar-refractivity contribution in [2.45, 2.75) is 16.2 Å². The largest absolute Gasteiger partial charge is 0.494 e. The maximum Gasteiger partial charge on any atom is 0.243 e. The monoisotopic (exact) mass is 477 g/mol. The van der Waals surface area contributed by atoms with Gasteiger partial charge in [-0.3, -0.25) is 4.79 Å². The predicted molar refractivity (Wildman–Crippen MR) is 123 cm³/mol. The predicted octanol–water partition coefficient (Wildman–Crippen LogP) is 3.32. The molecule has 0 unspecified atom stereocenters. The number of thiazole rings is 1. The Kier molecular flexibility index (Phi) is 6.80. The fourth-order valence-corrected chi connectivity index (χ4v) is 6.72. The summed E-state index contributed by atoms with van der Waals surface area (Å²) in [4.78, 5) is 19.1. The highest BCUT2D eigenvalue weighted by Gasteiger charge is 2.30. The second-order valence-corrected chi connectivity index (χ2v) is 11.1. The highest BCUT2D eigenvalue weighted by Crippen LogP contribution is 2.29. The Bertz CT molecular complexity index is 1120. The van der Waals surface area contributed by atoms with E-state index in [2.05, 4.69) is 4.98 Å². The molecule has 31 heavy (non-hydrogen) atoms. The van der Waals surface area contributed by atoms with E-state index >= 15 is 0 Å². The summed E-state index contributed by atoms with van der Waals surface area (Å²) >= 11 is 3.00. The van der Waals surface area contributed by atoms with Crippen LogP contribution in [0.2, 0.25) is 0 Å². The topological polar surface area (TPSA) is 79.8 Å². The molecule has 1 aliphatic heterocycles. The van der Waals surface area contributed by atoms with E-state index in [9.17, 15) is 13.2 Å². The number of hydrogen-bond acceptors (Lipinski definition) is 7. The molecule has 0 bridgehead atoms. The van der Waals surface area contributed by atoms with Crippen molar-refractivity contribution in [1.29, 1.82) is 0 Å². The van der Waals surface area contributed by atoms with E-state index in [0.717, 1.165) is 14.6 Å². The van der Waals surface area contributed by atoms with Gasteiger partial charge in [0.05, 0.1) is 27.5 Å². The Hall–Kier alpha value is -2.14. The lowest BCUT2D eigenvalue weighted by molar-refractivity contribution is -0.129. The first kappa shape index (κ1) is 22.1. The van der Waals surface area contributed by atoms with Crippen LogP contribution in [-0.2, 0) is 14.8 Å². The lowest BCUT2D eigenvalue weighted by Crippen LogP contribution is -2.50. The fraction of sp³-hybridized carbons (Fsp3) is 0.333. The molecule has 0 spiro atoms. The number of rotatable bonds is 7. The third-order valence-corrected chi connectivity index (χ3v) is 9.03. The maximum atomic E-state index is 12.9. The fourth-order valence-electron chi connectivity index (χ4n) is 3.33. The molecule has 0 saturated carbocycles. The van der Waals surface area contributed by atoms with Crippen LogP contribution < -0.4 is 4.74 Å². The Labute approximate surface area is 190 Å². The minimum Gasteiger partial charge on any atom is -0.494 e. The normalized spacial score (nSPS) is 15.3. The van der Waals surface area contributed by atoms with Gasteiger partial charge in [-0.05, 0) is 43.3 Å². The Morgan fingerprint density at radius 1 is 1.10 bits per heavy atom. The van der Waals surface area contributed by atoms with Gasteiger partial charge >= 0.3 is 0 Å². The zero-order valence-corrected chi connectivity index (χ0v) is 19.5. The van der Waals surface area contributed by atoms with E-state index in [4.69, 9.17) is 4.74 Å². The molecular weight excluding hydrogens is 454 g/mol. The van der Waals surface area contributed by atoms with E-state index in [-0.39, 0.29) is 23.9 Å². The molecule has 164 valence electrons. The number of carbonyl (C=O) groups is 1. The SMILES string of the molecule is CCOc1ccc(S(=O)(=O)N2CCN(C(=O)CSc3nc4ccccc4s3)CC2)cc1. The number of benzene rings is 2. The van der Waals surface area contributed by atoms with Crippen LogP contribution in [0, 0.1) is 0 Å². The van der Waals surface area contributed by atoms with E-state index in [1.54, 1.807) is 40.5 Å². The average molecular weight is 478 g/mol. The second-order valence-electron chi connectivity index (χ2n) is 6.93. The average Bonchev–Trinajstić information content (AvgIpc) is 3.21. The number of fused-ring (bicyclic) bond motifs is 1. The summed E-state index contributed by atoms with van der Waals surface area (Å²) in [5, 5.41) is 0. The van der Waals surface area contributed by atoms with Gasteiger partial charge < -0.3 is 9.64 Å². The van der Waals surface area contributed by atoms with Gasteiger partial charge in [-0.2, -0.15) is 4.31 Å². The van der Waals surface area contributed by atoms with Gasteiger partial charge in [0.25, 0.3) is 0 Å². The van der Waals surface area contributed by atoms with Crippen molar-refractivity contribution in [3.8, 4) is 5.75 Å². The van der Waals surface area contributed by atoms with Crippen LogP contribution in [-0.4, -0.2) is 67.1 Å². The van der Waals surface area contributed by atoms with Gasteiger partial charge in [0.2, 0.25) is 15.9 Å². The summed E-state index contributed by atoms with van der Waals surface area (Å²) in [7, 11) is -3.59. The van der Waals surface area contributed by atoms with E-state index in [0.29, 0.717) is 31.2 Å². The molecule has 10 heteroatoms. The van der Waals surface area contributed by atoms with Crippen LogP contribution >= 0.6 is 23.1 Å². The molecule has 0 aliphatic carbocycles. The van der Waals surface area contributed by atoms with Gasteiger partial charge in [0.15, 0.2) is 4.34 Å². The zero-order valence-electron chi connectivity index (χ0n) is 17.1. The lowest BCUT2D eigenvalue weighted by Gasteiger charge is -2.34. The molecule has 0 N–H and O–H groups in total. The highest BCUT2D eigenvalue weighted by atomic mass is 32.2. The molecular formula is C21H23N3O4S3. The molecule has 7 nitrogen and oxygen atoms in total. The van der Waals surface area contributed by atoms with Crippen LogP contribution in [0.25, 0.3) is 10.2 Å². The van der Waals surface area contributed by atoms with Crippen molar-refractivity contribution >= 4 is 49.2 Å². The number of ether oxygens (including phenoxy) is 1. The number of amides is 1. The summed E-state index contributed by atoms with van der Waals surface area (Å²) in [6.07, 6.45) is 0. The summed E-state index contributed by atoms with van der Waals surface area (Å²) in [6, 6.07) is 14.3. The van der Waals surface area contributed by atoms with Gasteiger partial charge in [-0.1, -0.05) is 23.9 Å². The van der Waals surface area contributed by atoms with Crippen molar-refractivity contribution in [1.82, 2.24) is 14.2 Å². The molecule has 4 rings (SSSR count). The van der Waals surface area contributed by atoms with Gasteiger partial charge in [0.1, 0.15) is 5.75 Å². The third kappa shape index (κ3) is 5.03. The molecule has 0 radical (unpaired) electrons. The van der Waals surface area contributed by atoms with Gasteiger partial charge in [0, 0.05) is 26.2 Å². The molecule has 0 atom stereocenters. The quantitative estimate of drug-likeness (QED) is 0.486. The molecule has 2 aromatic carbocycles. The maximum absolute atomic E-state index is 12.9. The standard InChI is InChI=1S/C21H23N3O4S3/c1-2-28-16-7-9-17(10-8-16)31(26,27)24-13-11-23(12-14-24)20(25)15-29-21-22-18-5-3-4-6-19(18)30-21/h3-10H,2,11-15H2,1H3. The number of hydrogen-bond donors (Lipinski definition) is 0. The number of sulfonamides is 1.